The Labute approximate surface area is 155 Å². The van der Waals surface area contributed by atoms with Crippen LogP contribution in [0.15, 0.2) is 18.2 Å². The van der Waals surface area contributed by atoms with Crippen LogP contribution in [0.4, 0.5) is 0 Å². The van der Waals surface area contributed by atoms with E-state index in [4.69, 9.17) is 9.47 Å². The molecule has 1 spiro atoms. The number of hydrogen-bond donors (Lipinski definition) is 0. The number of amides is 1. The summed E-state index contributed by atoms with van der Waals surface area (Å²) >= 11 is 1.98. The van der Waals surface area contributed by atoms with Gasteiger partial charge in [-0.15, -0.1) is 11.8 Å². The predicted molar refractivity (Wildman–Crippen MR) is 102 cm³/mol. The highest BCUT2D eigenvalue weighted by atomic mass is 32.2. The summed E-state index contributed by atoms with van der Waals surface area (Å²) in [5.41, 5.74) is 1.10. The van der Waals surface area contributed by atoms with Gasteiger partial charge in [-0.2, -0.15) is 0 Å². The maximum atomic E-state index is 12.6. The van der Waals surface area contributed by atoms with E-state index in [1.165, 1.54) is 19.3 Å². The Balaban J connectivity index is 2.15. The number of carbonyl (C=O) groups is 1. The highest BCUT2D eigenvalue weighted by Crippen LogP contribution is 2.63. The summed E-state index contributed by atoms with van der Waals surface area (Å²) < 4.78 is 11.1. The van der Waals surface area contributed by atoms with Gasteiger partial charge in [-0.05, 0) is 38.8 Å². The van der Waals surface area contributed by atoms with Gasteiger partial charge in [-0.3, -0.25) is 4.79 Å². The summed E-state index contributed by atoms with van der Waals surface area (Å²) in [6, 6.07) is 6.02. The number of nitrogens with zero attached hydrogens (tertiary/aromatic N) is 1. The first-order valence-electron chi connectivity index (χ1n) is 9.07. The van der Waals surface area contributed by atoms with Crippen molar-refractivity contribution in [2.75, 3.05) is 14.2 Å². The van der Waals surface area contributed by atoms with Gasteiger partial charge < -0.3 is 14.4 Å². The molecule has 1 amide bonds. The Bertz CT molecular complexity index is 652. The van der Waals surface area contributed by atoms with Crippen LogP contribution in [0.25, 0.3) is 0 Å². The molecule has 1 saturated heterocycles. The average Bonchev–Trinajstić information content (AvgIpc) is 2.81. The summed E-state index contributed by atoms with van der Waals surface area (Å²) in [5.74, 6) is 1.71. The van der Waals surface area contributed by atoms with Gasteiger partial charge in [0, 0.05) is 23.3 Å². The van der Waals surface area contributed by atoms with Crippen LogP contribution in [-0.4, -0.2) is 34.6 Å². The number of rotatable bonds is 3. The van der Waals surface area contributed by atoms with Crippen molar-refractivity contribution in [2.24, 2.45) is 0 Å². The Morgan fingerprint density at radius 1 is 1.16 bits per heavy atom. The van der Waals surface area contributed by atoms with E-state index in [2.05, 4.69) is 24.8 Å². The topological polar surface area (TPSA) is 38.8 Å². The van der Waals surface area contributed by atoms with Gasteiger partial charge in [0.1, 0.15) is 11.5 Å². The van der Waals surface area contributed by atoms with Crippen molar-refractivity contribution in [3.8, 4) is 11.5 Å². The standard InChI is InChI=1S/C20H29NO3S/c1-14(22)21-18(16-10-9-15(23-4)13-17(16)24-5)20(25-19(21,2)3)11-7-6-8-12-20/h9-10,13,18H,6-8,11-12H2,1-5H3. The van der Waals surface area contributed by atoms with Crippen molar-refractivity contribution < 1.29 is 14.3 Å². The molecule has 5 heteroatoms. The fourth-order valence-electron chi connectivity index (χ4n) is 4.70. The zero-order valence-corrected chi connectivity index (χ0v) is 16.7. The minimum atomic E-state index is -0.223. The molecule has 1 aliphatic carbocycles. The van der Waals surface area contributed by atoms with Crippen LogP contribution in [-0.2, 0) is 4.79 Å². The van der Waals surface area contributed by atoms with Gasteiger partial charge >= 0.3 is 0 Å². The molecule has 2 aliphatic rings. The van der Waals surface area contributed by atoms with Crippen LogP contribution >= 0.6 is 11.8 Å². The molecule has 1 saturated carbocycles. The number of ether oxygens (including phenoxy) is 2. The molecule has 1 atom stereocenters. The normalized spacial score (nSPS) is 24.4. The first-order chi connectivity index (χ1) is 11.8. The highest BCUT2D eigenvalue weighted by Gasteiger charge is 2.58. The van der Waals surface area contributed by atoms with Crippen molar-refractivity contribution in [3.63, 3.8) is 0 Å². The monoisotopic (exact) mass is 363 g/mol. The van der Waals surface area contributed by atoms with Crippen LogP contribution in [0.2, 0.25) is 0 Å². The van der Waals surface area contributed by atoms with E-state index in [0.717, 1.165) is 29.9 Å². The Morgan fingerprint density at radius 3 is 2.40 bits per heavy atom. The number of benzene rings is 1. The van der Waals surface area contributed by atoms with Crippen LogP contribution in [0.3, 0.4) is 0 Å². The maximum absolute atomic E-state index is 12.6. The SMILES string of the molecule is COc1ccc(C2N(C(C)=O)C(C)(C)SC23CCCCC3)c(OC)c1. The molecule has 2 fully saturated rings. The molecule has 1 aromatic carbocycles. The van der Waals surface area contributed by atoms with E-state index in [0.29, 0.717) is 0 Å². The lowest BCUT2D eigenvalue weighted by atomic mass is 9.79. The molecular formula is C20H29NO3S. The smallest absolute Gasteiger partial charge is 0.221 e. The summed E-state index contributed by atoms with van der Waals surface area (Å²) in [7, 11) is 3.35. The molecule has 138 valence electrons. The van der Waals surface area contributed by atoms with E-state index >= 15 is 0 Å². The second-order valence-electron chi connectivity index (χ2n) is 7.57. The molecule has 0 radical (unpaired) electrons. The minimum absolute atomic E-state index is 0.0335. The molecular weight excluding hydrogens is 334 g/mol. The van der Waals surface area contributed by atoms with Gasteiger partial charge in [0.25, 0.3) is 0 Å². The lowest BCUT2D eigenvalue weighted by molar-refractivity contribution is -0.134. The number of thioether (sulfide) groups is 1. The third kappa shape index (κ3) is 3.12. The highest BCUT2D eigenvalue weighted by molar-refractivity contribution is 8.02. The molecule has 3 rings (SSSR count). The number of methoxy groups -OCH3 is 2. The van der Waals surface area contributed by atoms with Crippen molar-refractivity contribution in [3.05, 3.63) is 23.8 Å². The fraction of sp³-hybridized carbons (Fsp3) is 0.650. The number of carbonyl (C=O) groups excluding carboxylic acids is 1. The van der Waals surface area contributed by atoms with Crippen molar-refractivity contribution in [1.82, 2.24) is 4.90 Å². The zero-order valence-electron chi connectivity index (χ0n) is 15.9. The summed E-state index contributed by atoms with van der Waals surface area (Å²) in [5, 5.41) is 0. The summed E-state index contributed by atoms with van der Waals surface area (Å²) in [4.78, 5) is 14.5. The molecule has 1 aliphatic heterocycles. The zero-order chi connectivity index (χ0) is 18.2. The van der Waals surface area contributed by atoms with Crippen LogP contribution in [0.5, 0.6) is 11.5 Å². The summed E-state index contributed by atoms with van der Waals surface area (Å²) in [6.07, 6.45) is 6.03. The molecule has 1 aromatic rings. The van der Waals surface area contributed by atoms with E-state index in [1.807, 2.05) is 23.9 Å². The molecule has 0 N–H and O–H groups in total. The molecule has 0 aromatic heterocycles. The van der Waals surface area contributed by atoms with E-state index < -0.39 is 0 Å². The van der Waals surface area contributed by atoms with E-state index in [9.17, 15) is 4.79 Å². The first kappa shape index (κ1) is 18.4. The van der Waals surface area contributed by atoms with Gasteiger partial charge in [0.2, 0.25) is 5.91 Å². The fourth-order valence-corrected chi connectivity index (χ4v) is 6.87. The van der Waals surface area contributed by atoms with Gasteiger partial charge in [0.05, 0.1) is 25.1 Å². The van der Waals surface area contributed by atoms with Crippen molar-refractivity contribution in [2.45, 2.75) is 68.5 Å². The average molecular weight is 364 g/mol. The van der Waals surface area contributed by atoms with Crippen molar-refractivity contribution >= 4 is 17.7 Å². The largest absolute Gasteiger partial charge is 0.497 e. The number of hydrogen-bond acceptors (Lipinski definition) is 4. The lowest BCUT2D eigenvalue weighted by Gasteiger charge is -2.40. The van der Waals surface area contributed by atoms with Crippen LogP contribution in [0.1, 0.15) is 64.5 Å². The summed E-state index contributed by atoms with van der Waals surface area (Å²) in [6.45, 7) is 6.03. The Hall–Kier alpha value is -1.36. The Kier molecular flexibility index (Phi) is 4.97. The van der Waals surface area contributed by atoms with Gasteiger partial charge in [-0.25, -0.2) is 0 Å². The van der Waals surface area contributed by atoms with Crippen molar-refractivity contribution in [1.29, 1.82) is 0 Å². The van der Waals surface area contributed by atoms with Crippen LogP contribution in [0, 0.1) is 0 Å². The minimum Gasteiger partial charge on any atom is -0.497 e. The molecule has 1 unspecified atom stereocenters. The second-order valence-corrected chi connectivity index (χ2v) is 9.59. The molecule has 0 bridgehead atoms. The van der Waals surface area contributed by atoms with Gasteiger partial charge in [0.15, 0.2) is 0 Å². The molecule has 25 heavy (non-hydrogen) atoms. The van der Waals surface area contributed by atoms with Gasteiger partial charge in [-0.1, -0.05) is 19.3 Å². The third-order valence-corrected chi connectivity index (χ3v) is 7.30. The molecule has 4 nitrogen and oxygen atoms in total. The Morgan fingerprint density at radius 2 is 1.84 bits per heavy atom. The molecule has 1 heterocycles. The maximum Gasteiger partial charge on any atom is 0.221 e. The quantitative estimate of drug-likeness (QED) is 0.775. The third-order valence-electron chi connectivity index (χ3n) is 5.56. The lowest BCUT2D eigenvalue weighted by Crippen LogP contribution is -2.44. The van der Waals surface area contributed by atoms with E-state index in [-0.39, 0.29) is 21.6 Å². The van der Waals surface area contributed by atoms with Crippen LogP contribution < -0.4 is 9.47 Å². The second kappa shape index (κ2) is 6.75. The first-order valence-corrected chi connectivity index (χ1v) is 9.88. The predicted octanol–water partition coefficient (Wildman–Crippen LogP) is 4.78. The van der Waals surface area contributed by atoms with E-state index in [1.54, 1.807) is 21.1 Å².